The number of hydrogen-bond donors (Lipinski definition) is 1. The predicted molar refractivity (Wildman–Crippen MR) is 69.7 cm³/mol. The molecular weight excluding hydrogens is 216 g/mol. The highest BCUT2D eigenvalue weighted by Crippen LogP contribution is 2.32. The molecule has 2 rings (SSSR count). The first kappa shape index (κ1) is 12.1. The monoisotopic (exact) mass is 238 g/mol. The number of rotatable bonds is 5. The summed E-state index contributed by atoms with van der Waals surface area (Å²) in [4.78, 5) is 5.61. The van der Waals surface area contributed by atoms with Crippen LogP contribution in [-0.4, -0.2) is 11.5 Å². The first-order valence-electron chi connectivity index (χ1n) is 6.52. The summed E-state index contributed by atoms with van der Waals surface area (Å²) in [7, 11) is 0. The fourth-order valence-corrected chi connectivity index (χ4v) is 3.41. The average Bonchev–Trinajstić information content (AvgIpc) is 2.83. The zero-order chi connectivity index (χ0) is 11.2. The van der Waals surface area contributed by atoms with Gasteiger partial charge in [0.1, 0.15) is 0 Å². The van der Waals surface area contributed by atoms with Gasteiger partial charge in [0.15, 0.2) is 0 Å². The Morgan fingerprint density at radius 2 is 2.25 bits per heavy atom. The molecule has 0 amide bonds. The van der Waals surface area contributed by atoms with Crippen molar-refractivity contribution >= 4 is 11.3 Å². The van der Waals surface area contributed by atoms with Crippen LogP contribution in [0.2, 0.25) is 0 Å². The van der Waals surface area contributed by atoms with Crippen molar-refractivity contribution in [2.24, 2.45) is 5.92 Å². The lowest BCUT2D eigenvalue weighted by atomic mass is 9.84. The fraction of sp³-hybridized carbons (Fsp3) is 0.769. The summed E-state index contributed by atoms with van der Waals surface area (Å²) in [6, 6.07) is 0.542. The highest BCUT2D eigenvalue weighted by atomic mass is 32.1. The molecule has 0 aromatic carbocycles. The molecule has 1 heterocycles. The Balaban J connectivity index is 1.91. The van der Waals surface area contributed by atoms with Gasteiger partial charge in [0, 0.05) is 17.1 Å². The number of nitrogens with zero attached hydrogens (tertiary/aromatic N) is 1. The molecule has 1 saturated carbocycles. The lowest BCUT2D eigenvalue weighted by Crippen LogP contribution is -2.23. The first-order chi connectivity index (χ1) is 7.90. The van der Waals surface area contributed by atoms with Gasteiger partial charge in [0.25, 0.3) is 0 Å². The van der Waals surface area contributed by atoms with E-state index in [2.05, 4.69) is 17.2 Å². The second-order valence-electron chi connectivity index (χ2n) is 4.75. The molecule has 0 radical (unpaired) electrons. The van der Waals surface area contributed by atoms with Crippen LogP contribution in [0.5, 0.6) is 0 Å². The van der Waals surface area contributed by atoms with E-state index >= 15 is 0 Å². The van der Waals surface area contributed by atoms with Gasteiger partial charge in [0.05, 0.1) is 5.51 Å². The zero-order valence-corrected chi connectivity index (χ0v) is 10.9. The molecule has 1 N–H and O–H groups in total. The van der Waals surface area contributed by atoms with E-state index in [1.54, 1.807) is 11.3 Å². The van der Waals surface area contributed by atoms with Crippen molar-refractivity contribution in [2.75, 3.05) is 6.54 Å². The van der Waals surface area contributed by atoms with Crippen molar-refractivity contribution in [3.8, 4) is 0 Å². The fourth-order valence-electron chi connectivity index (χ4n) is 2.70. The molecule has 0 bridgehead atoms. The number of aromatic nitrogens is 1. The minimum atomic E-state index is 0.542. The highest BCUT2D eigenvalue weighted by Gasteiger charge is 2.20. The van der Waals surface area contributed by atoms with Crippen LogP contribution in [-0.2, 0) is 0 Å². The van der Waals surface area contributed by atoms with E-state index < -0.39 is 0 Å². The van der Waals surface area contributed by atoms with Gasteiger partial charge in [-0.15, -0.1) is 11.3 Å². The van der Waals surface area contributed by atoms with Crippen LogP contribution in [0, 0.1) is 5.92 Å². The molecule has 2 nitrogen and oxygen atoms in total. The van der Waals surface area contributed by atoms with Crippen molar-refractivity contribution in [1.82, 2.24) is 10.3 Å². The molecule has 90 valence electrons. The molecule has 16 heavy (non-hydrogen) atoms. The maximum Gasteiger partial charge on any atom is 0.0794 e. The average molecular weight is 238 g/mol. The van der Waals surface area contributed by atoms with Crippen molar-refractivity contribution < 1.29 is 0 Å². The highest BCUT2D eigenvalue weighted by molar-refractivity contribution is 7.09. The number of hydrogen-bond acceptors (Lipinski definition) is 3. The number of thiazole rings is 1. The molecule has 1 aromatic heterocycles. The van der Waals surface area contributed by atoms with E-state index in [-0.39, 0.29) is 0 Å². The third-order valence-electron chi connectivity index (χ3n) is 3.54. The van der Waals surface area contributed by atoms with Crippen molar-refractivity contribution in [2.45, 2.75) is 51.5 Å². The van der Waals surface area contributed by atoms with E-state index in [0.29, 0.717) is 6.04 Å². The summed E-state index contributed by atoms with van der Waals surface area (Å²) >= 11 is 1.79. The normalized spacial score (nSPS) is 19.8. The summed E-state index contributed by atoms with van der Waals surface area (Å²) in [6.07, 6.45) is 10.5. The smallest absolute Gasteiger partial charge is 0.0794 e. The van der Waals surface area contributed by atoms with Gasteiger partial charge >= 0.3 is 0 Å². The van der Waals surface area contributed by atoms with Gasteiger partial charge in [-0.25, -0.2) is 0 Å². The quantitative estimate of drug-likeness (QED) is 0.844. The molecule has 0 spiro atoms. The molecule has 0 aliphatic heterocycles. The van der Waals surface area contributed by atoms with Crippen molar-refractivity contribution in [3.05, 3.63) is 16.6 Å². The molecule has 1 atom stereocenters. The van der Waals surface area contributed by atoms with E-state index in [1.165, 1.54) is 43.4 Å². The maximum absolute atomic E-state index is 4.20. The Hall–Kier alpha value is -0.410. The molecule has 1 unspecified atom stereocenters. The summed E-state index contributed by atoms with van der Waals surface area (Å²) in [5.74, 6) is 0.930. The van der Waals surface area contributed by atoms with Gasteiger partial charge < -0.3 is 5.32 Å². The summed E-state index contributed by atoms with van der Waals surface area (Å²) in [5, 5.41) is 3.60. The Morgan fingerprint density at radius 3 is 2.88 bits per heavy atom. The lowest BCUT2D eigenvalue weighted by Gasteiger charge is -2.26. The van der Waals surface area contributed by atoms with Crippen LogP contribution < -0.4 is 5.32 Å². The molecule has 1 aliphatic rings. The molecular formula is C13H22N2S. The molecule has 0 saturated heterocycles. The molecule has 3 heteroatoms. The molecule has 1 fully saturated rings. The van der Waals surface area contributed by atoms with Crippen LogP contribution in [0.15, 0.2) is 11.7 Å². The SMILES string of the molecule is CCNC(CC1CCCCC1)c1cncs1. The van der Waals surface area contributed by atoms with Gasteiger partial charge in [0.2, 0.25) is 0 Å². The summed E-state index contributed by atoms with van der Waals surface area (Å²) < 4.78 is 0. The number of nitrogens with one attached hydrogen (secondary N) is 1. The largest absolute Gasteiger partial charge is 0.309 e. The van der Waals surface area contributed by atoms with Crippen molar-refractivity contribution in [3.63, 3.8) is 0 Å². The van der Waals surface area contributed by atoms with Crippen LogP contribution >= 0.6 is 11.3 Å². The predicted octanol–water partition coefficient (Wildman–Crippen LogP) is 3.76. The Morgan fingerprint density at radius 1 is 1.44 bits per heavy atom. The third kappa shape index (κ3) is 3.29. The Kier molecular flexibility index (Phi) is 4.79. The van der Waals surface area contributed by atoms with Crippen LogP contribution in [0.1, 0.15) is 56.4 Å². The van der Waals surface area contributed by atoms with Crippen LogP contribution in [0.4, 0.5) is 0 Å². The second-order valence-corrected chi connectivity index (χ2v) is 5.67. The van der Waals surface area contributed by atoms with E-state index in [1.807, 2.05) is 11.7 Å². The van der Waals surface area contributed by atoms with Gasteiger partial charge in [-0.3, -0.25) is 4.98 Å². The molecule has 1 aromatic rings. The van der Waals surface area contributed by atoms with E-state index in [9.17, 15) is 0 Å². The van der Waals surface area contributed by atoms with Gasteiger partial charge in [-0.1, -0.05) is 39.0 Å². The third-order valence-corrected chi connectivity index (χ3v) is 4.43. The van der Waals surface area contributed by atoms with Crippen molar-refractivity contribution in [1.29, 1.82) is 0 Å². The summed E-state index contributed by atoms with van der Waals surface area (Å²) in [5.41, 5.74) is 1.94. The minimum Gasteiger partial charge on any atom is -0.309 e. The minimum absolute atomic E-state index is 0.542. The van der Waals surface area contributed by atoms with E-state index in [0.717, 1.165) is 12.5 Å². The van der Waals surface area contributed by atoms with Crippen LogP contribution in [0.3, 0.4) is 0 Å². The zero-order valence-electron chi connectivity index (χ0n) is 10.1. The lowest BCUT2D eigenvalue weighted by molar-refractivity contribution is 0.303. The van der Waals surface area contributed by atoms with Gasteiger partial charge in [-0.2, -0.15) is 0 Å². The van der Waals surface area contributed by atoms with Crippen LogP contribution in [0.25, 0.3) is 0 Å². The second kappa shape index (κ2) is 6.36. The topological polar surface area (TPSA) is 24.9 Å². The standard InChI is InChI=1S/C13H22N2S/c1-2-15-12(13-9-14-10-16-13)8-11-6-4-3-5-7-11/h9-12,15H,2-8H2,1H3. The molecule has 1 aliphatic carbocycles. The van der Waals surface area contributed by atoms with Gasteiger partial charge in [-0.05, 0) is 18.9 Å². The summed E-state index contributed by atoms with van der Waals surface area (Å²) in [6.45, 7) is 3.24. The Bertz CT molecular complexity index is 278. The van der Waals surface area contributed by atoms with E-state index in [4.69, 9.17) is 0 Å². The Labute approximate surface area is 102 Å². The first-order valence-corrected chi connectivity index (χ1v) is 7.40. The maximum atomic E-state index is 4.20.